The lowest BCUT2D eigenvalue weighted by atomic mass is 9.87. The van der Waals surface area contributed by atoms with Gasteiger partial charge in [0, 0.05) is 65.4 Å². The van der Waals surface area contributed by atoms with Crippen molar-refractivity contribution in [3.05, 3.63) is 81.9 Å². The summed E-state index contributed by atoms with van der Waals surface area (Å²) in [5.41, 5.74) is 9.56. The number of benzene rings is 2. The first kappa shape index (κ1) is 50.7. The van der Waals surface area contributed by atoms with Crippen molar-refractivity contribution in [2.45, 2.75) is 99.4 Å². The zero-order chi connectivity index (χ0) is 49.0. The molecule has 3 aliphatic heterocycles. The number of hydrogen-bond donors (Lipinski definition) is 9. The largest absolute Gasteiger partial charge is 0.441 e. The Morgan fingerprint density at radius 3 is 2.40 bits per heavy atom. The minimum Gasteiger partial charge on any atom is -0.441 e. The maximum atomic E-state index is 13.3. The predicted octanol–water partition coefficient (Wildman–Crippen LogP) is 0.517. The molecular formula is C46H60N10O13S. The van der Waals surface area contributed by atoms with Gasteiger partial charge in [0.15, 0.2) is 6.29 Å². The lowest BCUT2D eigenvalue weighted by Gasteiger charge is -2.40. The minimum absolute atomic E-state index is 0.00387. The van der Waals surface area contributed by atoms with E-state index in [0.717, 1.165) is 36.1 Å². The Balaban J connectivity index is 0.754. The fraction of sp³-hybridized carbons (Fsp3) is 0.543. The second-order valence-corrected chi connectivity index (χ2v) is 18.5. The van der Waals surface area contributed by atoms with Crippen LogP contribution in [-0.2, 0) is 52.8 Å². The van der Waals surface area contributed by atoms with Gasteiger partial charge >= 0.3 is 17.8 Å². The summed E-state index contributed by atoms with van der Waals surface area (Å²) in [4.78, 5) is 54.6. The summed E-state index contributed by atoms with van der Waals surface area (Å²) in [6.45, 7) is 2.17. The van der Waals surface area contributed by atoms with Crippen molar-refractivity contribution in [3.8, 4) is 22.5 Å². The van der Waals surface area contributed by atoms with Gasteiger partial charge in [-0.15, -0.1) is 5.10 Å². The zero-order valence-corrected chi connectivity index (χ0v) is 39.2. The molecule has 70 heavy (non-hydrogen) atoms. The number of nitrogens with zero attached hydrogens (tertiary/aromatic N) is 4. The normalized spacial score (nSPS) is 24.5. The molecule has 0 saturated carbocycles. The number of carbonyl (C=O) groups is 3. The minimum atomic E-state index is -1.66. The number of aliphatic hydroxyl groups excluding tert-OH is 3. The number of alkyl carbamates (subject to hydrolysis) is 1. The number of unbranched alkanes of at least 4 members (excludes halogenated alkanes) is 1. The summed E-state index contributed by atoms with van der Waals surface area (Å²) < 4.78 is 36.2. The van der Waals surface area contributed by atoms with Crippen LogP contribution in [0.3, 0.4) is 0 Å². The average molecular weight is 993 g/mol. The molecule has 378 valence electrons. The Kier molecular flexibility index (Phi) is 17.7. The number of H-pyrrole nitrogens is 1. The lowest BCUT2D eigenvalue weighted by molar-refractivity contribution is -0.302. The third kappa shape index (κ3) is 12.8. The van der Waals surface area contributed by atoms with Crippen LogP contribution < -0.4 is 32.7 Å². The van der Waals surface area contributed by atoms with Gasteiger partial charge in [-0.1, -0.05) is 60.2 Å². The number of aromatic nitrogens is 5. The number of nitrogens with one attached hydrogen (secondary N) is 5. The van der Waals surface area contributed by atoms with Crippen LogP contribution in [0.5, 0.6) is 0 Å². The SMILES string of the molecule is Nc1[nH]c(=O)ncc1CO[C@@H]1O[C@H](Cn2nnc3c2-c2ccccc2C(OC(=O)NCCOCCOCCOCCNC(=O)CCCC[C@@H]2SC[C@@H]4NC(=O)N[C@@H]42)Cc2ccccc2-3)[C@@H](O)[C@H](O)[C@H]1O. The van der Waals surface area contributed by atoms with Crippen LogP contribution in [0, 0.1) is 0 Å². The number of aromatic amines is 1. The summed E-state index contributed by atoms with van der Waals surface area (Å²) >= 11 is 1.88. The standard InChI is InChI=1S/C46H60N10O13S/c47-42-27(22-50-44(61)53-42)24-67-43-41(60)40(59)39(58)33(68-43)23-56-38-30-10-4-3-9-29(30)32(21-26-7-1-2-8-28(26)36(38)54-55-56)69-46(63)49-14-16-65-18-20-66-19-17-64-15-13-48-35(57)12-6-5-11-34-37-31(25-70-34)51-45(62)52-37/h1-4,7-10,22,31-34,37,39-41,43,58-60H,5-6,11-21,23-25H2,(H,48,57)(H,49,63)(H2,51,52,62)(H3,47,50,53,61)/t31-,32?,33+,34-,37-,39+,40-,41+,43+/m0/s1. The van der Waals surface area contributed by atoms with Crippen LogP contribution in [0.25, 0.3) is 22.5 Å². The Labute approximate surface area is 406 Å². The first-order valence-corrected chi connectivity index (χ1v) is 24.5. The van der Waals surface area contributed by atoms with E-state index in [4.69, 9.17) is 34.2 Å². The molecule has 1 aliphatic carbocycles. The molecule has 2 aromatic heterocycles. The maximum absolute atomic E-state index is 13.3. The van der Waals surface area contributed by atoms with Gasteiger partial charge in [0.1, 0.15) is 42.0 Å². The van der Waals surface area contributed by atoms with Gasteiger partial charge in [0.2, 0.25) is 5.91 Å². The van der Waals surface area contributed by atoms with Gasteiger partial charge in [-0.2, -0.15) is 11.8 Å². The highest BCUT2D eigenvalue weighted by atomic mass is 32.2. The summed E-state index contributed by atoms with van der Waals surface area (Å²) in [5.74, 6) is 0.940. The van der Waals surface area contributed by atoms with E-state index in [9.17, 15) is 34.5 Å². The van der Waals surface area contributed by atoms with E-state index in [0.29, 0.717) is 85.7 Å². The molecule has 4 amide bonds. The fourth-order valence-electron chi connectivity index (χ4n) is 8.89. The number of anilines is 1. The van der Waals surface area contributed by atoms with Crippen LogP contribution in [0.4, 0.5) is 15.4 Å². The number of hydrogen-bond acceptors (Lipinski definition) is 18. The number of amides is 4. The molecule has 10 N–H and O–H groups in total. The molecule has 4 aromatic rings. The topological polar surface area (TPSA) is 318 Å². The molecule has 0 radical (unpaired) electrons. The van der Waals surface area contributed by atoms with Crippen LogP contribution in [-0.4, -0.2) is 165 Å². The van der Waals surface area contributed by atoms with E-state index in [1.165, 1.54) is 10.9 Å². The second kappa shape index (κ2) is 24.4. The Bertz CT molecular complexity index is 2460. The van der Waals surface area contributed by atoms with E-state index >= 15 is 0 Å². The van der Waals surface area contributed by atoms with Crippen molar-refractivity contribution >= 4 is 35.6 Å². The number of urea groups is 1. The molecule has 24 heteroatoms. The number of fused-ring (bicyclic) bond motifs is 6. The molecule has 8 rings (SSSR count). The van der Waals surface area contributed by atoms with Gasteiger partial charge in [0.25, 0.3) is 0 Å². The van der Waals surface area contributed by atoms with Crippen molar-refractivity contribution < 1.29 is 58.1 Å². The van der Waals surface area contributed by atoms with Crippen molar-refractivity contribution in [2.24, 2.45) is 0 Å². The highest BCUT2D eigenvalue weighted by molar-refractivity contribution is 8.00. The van der Waals surface area contributed by atoms with E-state index < -0.39 is 48.6 Å². The van der Waals surface area contributed by atoms with E-state index in [-0.39, 0.29) is 56.1 Å². The van der Waals surface area contributed by atoms with Crippen molar-refractivity contribution in [1.29, 1.82) is 0 Å². The van der Waals surface area contributed by atoms with Crippen molar-refractivity contribution in [2.75, 3.05) is 64.2 Å². The number of thioether (sulfide) groups is 1. The second-order valence-electron chi connectivity index (χ2n) is 17.2. The molecule has 4 aliphatic rings. The first-order chi connectivity index (χ1) is 34.0. The molecule has 23 nitrogen and oxygen atoms in total. The molecule has 2 aromatic carbocycles. The molecule has 1 unspecified atom stereocenters. The van der Waals surface area contributed by atoms with Gasteiger partial charge < -0.3 is 70.7 Å². The van der Waals surface area contributed by atoms with Crippen LogP contribution in [0.15, 0.2) is 59.5 Å². The number of carbonyl (C=O) groups excluding carboxylic acids is 3. The van der Waals surface area contributed by atoms with Crippen LogP contribution in [0.1, 0.15) is 48.5 Å². The quantitative estimate of drug-likeness (QED) is 0.0361. The third-order valence-corrected chi connectivity index (χ3v) is 14.0. The molecule has 0 spiro atoms. The smallest absolute Gasteiger partial charge is 0.407 e. The van der Waals surface area contributed by atoms with Crippen molar-refractivity contribution in [1.82, 2.24) is 46.2 Å². The highest BCUT2D eigenvalue weighted by Gasteiger charge is 2.46. The first-order valence-electron chi connectivity index (χ1n) is 23.4. The summed E-state index contributed by atoms with van der Waals surface area (Å²) in [6.07, 6.45) is -4.08. The molecular weight excluding hydrogens is 933 g/mol. The van der Waals surface area contributed by atoms with Crippen molar-refractivity contribution in [3.63, 3.8) is 0 Å². The fourth-order valence-corrected chi connectivity index (χ4v) is 10.4. The molecule has 3 fully saturated rings. The molecule has 9 atom stereocenters. The Morgan fingerprint density at radius 2 is 1.61 bits per heavy atom. The third-order valence-electron chi connectivity index (χ3n) is 12.5. The number of rotatable bonds is 23. The van der Waals surface area contributed by atoms with Gasteiger partial charge in [0.05, 0.1) is 70.6 Å². The Morgan fingerprint density at radius 1 is 0.886 bits per heavy atom. The number of aliphatic hydroxyl groups is 3. The average Bonchev–Trinajstić information content (AvgIpc) is 4.05. The van der Waals surface area contributed by atoms with E-state index in [2.05, 4.69) is 41.5 Å². The van der Waals surface area contributed by atoms with Crippen LogP contribution >= 0.6 is 11.8 Å². The zero-order valence-electron chi connectivity index (χ0n) is 38.4. The number of nitrogens with two attached hydrogens (primary N) is 1. The summed E-state index contributed by atoms with van der Waals surface area (Å²) in [6, 6.07) is 15.3. The Hall–Kier alpha value is -5.70. The maximum Gasteiger partial charge on any atom is 0.407 e. The van der Waals surface area contributed by atoms with E-state index in [1.54, 1.807) is 0 Å². The molecule has 0 bridgehead atoms. The predicted molar refractivity (Wildman–Crippen MR) is 252 cm³/mol. The monoisotopic (exact) mass is 992 g/mol. The molecule has 5 heterocycles. The summed E-state index contributed by atoms with van der Waals surface area (Å²) in [5, 5.41) is 53.8. The van der Waals surface area contributed by atoms with Crippen LogP contribution in [0.2, 0.25) is 0 Å². The van der Waals surface area contributed by atoms with E-state index in [1.807, 2.05) is 60.3 Å². The molecule has 3 saturated heterocycles. The van der Waals surface area contributed by atoms with Gasteiger partial charge in [-0.25, -0.2) is 24.0 Å². The number of ether oxygens (including phenoxy) is 6. The highest BCUT2D eigenvalue weighted by Crippen LogP contribution is 2.42. The summed E-state index contributed by atoms with van der Waals surface area (Å²) in [7, 11) is 0. The van der Waals surface area contributed by atoms with Gasteiger partial charge in [-0.05, 0) is 18.4 Å². The lowest BCUT2D eigenvalue weighted by Crippen LogP contribution is -2.59. The van der Waals surface area contributed by atoms with Gasteiger partial charge in [-0.3, -0.25) is 9.78 Å². The number of nitrogen functional groups attached to an aromatic ring is 1.